The predicted molar refractivity (Wildman–Crippen MR) is 88.0 cm³/mol. The van der Waals surface area contributed by atoms with E-state index in [4.69, 9.17) is 10.5 Å². The lowest BCUT2D eigenvalue weighted by Gasteiger charge is -2.33. The minimum absolute atomic E-state index is 0.232. The molecular formula is C16H26N4O2. The van der Waals surface area contributed by atoms with Gasteiger partial charge in [0.1, 0.15) is 11.4 Å². The summed E-state index contributed by atoms with van der Waals surface area (Å²) in [4.78, 5) is 18.3. The van der Waals surface area contributed by atoms with Gasteiger partial charge in [0.15, 0.2) is 0 Å². The van der Waals surface area contributed by atoms with Crippen LogP contribution in [0.15, 0.2) is 12.1 Å². The van der Waals surface area contributed by atoms with Crippen molar-refractivity contribution in [3.63, 3.8) is 0 Å². The first-order chi connectivity index (χ1) is 10.3. The van der Waals surface area contributed by atoms with Gasteiger partial charge in [0.25, 0.3) is 0 Å². The van der Waals surface area contributed by atoms with Crippen LogP contribution in [-0.2, 0) is 4.74 Å². The van der Waals surface area contributed by atoms with Crippen LogP contribution < -0.4 is 11.1 Å². The highest BCUT2D eigenvalue weighted by molar-refractivity contribution is 5.68. The molecule has 0 saturated carbocycles. The molecular weight excluding hydrogens is 280 g/mol. The van der Waals surface area contributed by atoms with E-state index in [2.05, 4.69) is 10.3 Å². The van der Waals surface area contributed by atoms with E-state index < -0.39 is 5.60 Å². The molecule has 3 N–H and O–H groups in total. The molecule has 1 aliphatic rings. The van der Waals surface area contributed by atoms with Crippen molar-refractivity contribution in [3.05, 3.63) is 17.8 Å². The summed E-state index contributed by atoms with van der Waals surface area (Å²) in [5.41, 5.74) is 7.32. The molecule has 1 saturated heterocycles. The average molecular weight is 306 g/mol. The first-order valence-electron chi connectivity index (χ1n) is 7.72. The van der Waals surface area contributed by atoms with E-state index >= 15 is 0 Å². The van der Waals surface area contributed by atoms with Crippen LogP contribution >= 0.6 is 0 Å². The fourth-order valence-corrected chi connectivity index (χ4v) is 2.61. The molecule has 1 amide bonds. The topological polar surface area (TPSA) is 80.5 Å². The standard InChI is InChI=1S/C16H26N4O2/c1-16(2,3)22-15(21)20-9-7-11(8-10-20)12-5-6-13(18-4)14(17)19-12/h5-6,11,18H,7-10H2,1-4H3,(H2,17,19). The summed E-state index contributed by atoms with van der Waals surface area (Å²) in [5, 5.41) is 3.01. The molecule has 1 aromatic heterocycles. The molecule has 0 unspecified atom stereocenters. The predicted octanol–water partition coefficient (Wildman–Crippen LogP) is 2.82. The van der Waals surface area contributed by atoms with Crippen molar-refractivity contribution in [2.45, 2.75) is 45.1 Å². The van der Waals surface area contributed by atoms with Crippen LogP contribution in [0.3, 0.4) is 0 Å². The molecule has 2 rings (SSSR count). The van der Waals surface area contributed by atoms with Gasteiger partial charge in [0.05, 0.1) is 5.69 Å². The van der Waals surface area contributed by atoms with Crippen molar-refractivity contribution in [2.24, 2.45) is 0 Å². The van der Waals surface area contributed by atoms with Gasteiger partial charge in [-0.3, -0.25) is 0 Å². The van der Waals surface area contributed by atoms with Gasteiger partial charge in [-0.15, -0.1) is 0 Å². The van der Waals surface area contributed by atoms with Gasteiger partial charge in [-0.1, -0.05) is 0 Å². The van der Waals surface area contributed by atoms with Crippen molar-refractivity contribution in [3.8, 4) is 0 Å². The van der Waals surface area contributed by atoms with Crippen molar-refractivity contribution in [2.75, 3.05) is 31.2 Å². The number of hydrogen-bond donors (Lipinski definition) is 2. The summed E-state index contributed by atoms with van der Waals surface area (Å²) >= 11 is 0. The van der Waals surface area contributed by atoms with E-state index in [1.54, 1.807) is 4.90 Å². The van der Waals surface area contributed by atoms with Gasteiger partial charge >= 0.3 is 6.09 Å². The Hall–Kier alpha value is -1.98. The number of pyridine rings is 1. The van der Waals surface area contributed by atoms with Crippen molar-refractivity contribution in [1.29, 1.82) is 0 Å². The number of ether oxygens (including phenoxy) is 1. The van der Waals surface area contributed by atoms with Gasteiger partial charge in [0.2, 0.25) is 0 Å². The molecule has 0 aliphatic carbocycles. The number of carbonyl (C=O) groups excluding carboxylic acids is 1. The Bertz CT molecular complexity index is 531. The summed E-state index contributed by atoms with van der Waals surface area (Å²) in [6, 6.07) is 3.97. The zero-order valence-corrected chi connectivity index (χ0v) is 13.8. The van der Waals surface area contributed by atoms with E-state index in [1.165, 1.54) is 0 Å². The maximum Gasteiger partial charge on any atom is 0.410 e. The molecule has 1 aromatic rings. The van der Waals surface area contributed by atoms with Crippen LogP contribution in [0.1, 0.15) is 45.2 Å². The van der Waals surface area contributed by atoms with E-state index in [0.717, 1.165) is 24.2 Å². The normalized spacial score (nSPS) is 16.5. The van der Waals surface area contributed by atoms with Crippen LogP contribution in [0, 0.1) is 0 Å². The first-order valence-corrected chi connectivity index (χ1v) is 7.72. The summed E-state index contributed by atoms with van der Waals surface area (Å²) in [7, 11) is 1.83. The lowest BCUT2D eigenvalue weighted by molar-refractivity contribution is 0.0204. The van der Waals surface area contributed by atoms with Crippen LogP contribution in [0.25, 0.3) is 0 Å². The fourth-order valence-electron chi connectivity index (χ4n) is 2.61. The average Bonchev–Trinajstić information content (AvgIpc) is 2.45. The number of nitrogens with zero attached hydrogens (tertiary/aromatic N) is 2. The highest BCUT2D eigenvalue weighted by atomic mass is 16.6. The molecule has 122 valence electrons. The van der Waals surface area contributed by atoms with Crippen molar-refractivity contribution in [1.82, 2.24) is 9.88 Å². The Morgan fingerprint density at radius 2 is 2.00 bits per heavy atom. The SMILES string of the molecule is CNc1ccc(C2CCN(C(=O)OC(C)(C)C)CC2)nc1N. The lowest BCUT2D eigenvalue weighted by Crippen LogP contribution is -2.41. The number of aromatic nitrogens is 1. The second-order valence-corrected chi connectivity index (χ2v) is 6.66. The van der Waals surface area contributed by atoms with Crippen molar-refractivity contribution >= 4 is 17.6 Å². The number of hydrogen-bond acceptors (Lipinski definition) is 5. The molecule has 0 aromatic carbocycles. The highest BCUT2D eigenvalue weighted by Crippen LogP contribution is 2.29. The van der Waals surface area contributed by atoms with E-state index in [9.17, 15) is 4.79 Å². The number of likely N-dealkylation sites (tertiary alicyclic amines) is 1. The second kappa shape index (κ2) is 6.42. The minimum Gasteiger partial charge on any atom is -0.444 e. The minimum atomic E-state index is -0.451. The van der Waals surface area contributed by atoms with Crippen LogP contribution in [-0.4, -0.2) is 41.7 Å². The van der Waals surface area contributed by atoms with E-state index in [0.29, 0.717) is 24.8 Å². The lowest BCUT2D eigenvalue weighted by atomic mass is 9.93. The molecule has 6 nitrogen and oxygen atoms in total. The van der Waals surface area contributed by atoms with E-state index in [-0.39, 0.29) is 6.09 Å². The first kappa shape index (κ1) is 16.4. The molecule has 22 heavy (non-hydrogen) atoms. The van der Waals surface area contributed by atoms with Gasteiger partial charge in [0, 0.05) is 31.7 Å². The Morgan fingerprint density at radius 1 is 1.36 bits per heavy atom. The number of amides is 1. The highest BCUT2D eigenvalue weighted by Gasteiger charge is 2.28. The zero-order valence-electron chi connectivity index (χ0n) is 13.8. The quantitative estimate of drug-likeness (QED) is 0.878. The van der Waals surface area contributed by atoms with Gasteiger partial charge in [-0.2, -0.15) is 0 Å². The van der Waals surface area contributed by atoms with Gasteiger partial charge in [-0.25, -0.2) is 9.78 Å². The van der Waals surface area contributed by atoms with Gasteiger partial charge < -0.3 is 20.7 Å². The number of nitrogens with one attached hydrogen (secondary N) is 1. The Balaban J connectivity index is 1.94. The molecule has 1 fully saturated rings. The van der Waals surface area contributed by atoms with Crippen molar-refractivity contribution < 1.29 is 9.53 Å². The Kier molecular flexibility index (Phi) is 4.78. The number of nitrogen functional groups attached to an aromatic ring is 1. The molecule has 0 spiro atoms. The third-order valence-corrected chi connectivity index (χ3v) is 3.78. The smallest absolute Gasteiger partial charge is 0.410 e. The number of rotatable bonds is 2. The summed E-state index contributed by atoms with van der Waals surface area (Å²) in [5.74, 6) is 0.862. The molecule has 0 bridgehead atoms. The maximum atomic E-state index is 12.1. The number of piperidine rings is 1. The Morgan fingerprint density at radius 3 is 2.50 bits per heavy atom. The summed E-state index contributed by atoms with van der Waals surface area (Å²) < 4.78 is 5.41. The molecule has 0 radical (unpaired) electrons. The van der Waals surface area contributed by atoms with Crippen LogP contribution in [0.5, 0.6) is 0 Å². The second-order valence-electron chi connectivity index (χ2n) is 6.66. The monoisotopic (exact) mass is 306 g/mol. The van der Waals surface area contributed by atoms with Crippen LogP contribution in [0.2, 0.25) is 0 Å². The maximum absolute atomic E-state index is 12.1. The summed E-state index contributed by atoms with van der Waals surface area (Å²) in [6.07, 6.45) is 1.53. The molecule has 6 heteroatoms. The third kappa shape index (κ3) is 4.02. The number of nitrogens with two attached hydrogens (primary N) is 1. The van der Waals surface area contributed by atoms with E-state index in [1.807, 2.05) is 40.0 Å². The fraction of sp³-hybridized carbons (Fsp3) is 0.625. The van der Waals surface area contributed by atoms with Crippen LogP contribution in [0.4, 0.5) is 16.3 Å². The molecule has 2 heterocycles. The Labute approximate surface area is 132 Å². The largest absolute Gasteiger partial charge is 0.444 e. The summed E-state index contributed by atoms with van der Waals surface area (Å²) in [6.45, 7) is 7.03. The number of carbonyl (C=O) groups is 1. The number of anilines is 2. The molecule has 1 aliphatic heterocycles. The zero-order chi connectivity index (χ0) is 16.3. The van der Waals surface area contributed by atoms with Gasteiger partial charge in [-0.05, 0) is 45.7 Å². The molecule has 0 atom stereocenters. The third-order valence-electron chi connectivity index (χ3n) is 3.78.